The number of aryl methyl sites for hydroxylation is 1. The van der Waals surface area contributed by atoms with Gasteiger partial charge >= 0.3 is 0 Å². The van der Waals surface area contributed by atoms with Crippen LogP contribution < -0.4 is 10.9 Å². The minimum absolute atomic E-state index is 0.0898. The fraction of sp³-hybridized carbons (Fsp3) is 0.458. The minimum Gasteiger partial charge on any atom is -0.309 e. The van der Waals surface area contributed by atoms with Gasteiger partial charge in [0, 0.05) is 24.7 Å². The van der Waals surface area contributed by atoms with E-state index >= 15 is 0 Å². The monoisotopic (exact) mass is 474 g/mol. The highest BCUT2D eigenvalue weighted by molar-refractivity contribution is 6.34. The summed E-state index contributed by atoms with van der Waals surface area (Å²) >= 11 is 12.8. The number of rotatable bonds is 8. The molecular weight excluding hydrogens is 447 g/mol. The molecule has 3 heterocycles. The van der Waals surface area contributed by atoms with Crippen LogP contribution >= 0.6 is 23.2 Å². The predicted molar refractivity (Wildman–Crippen MR) is 129 cm³/mol. The predicted octanol–water partition coefficient (Wildman–Crippen LogP) is 4.04. The average Bonchev–Trinajstić information content (AvgIpc) is 3.41. The van der Waals surface area contributed by atoms with Crippen LogP contribution in [-0.4, -0.2) is 40.3 Å². The van der Waals surface area contributed by atoms with E-state index in [9.17, 15) is 9.59 Å². The van der Waals surface area contributed by atoms with Gasteiger partial charge < -0.3 is 9.88 Å². The van der Waals surface area contributed by atoms with E-state index in [1.165, 1.54) is 12.8 Å². The first-order valence-electron chi connectivity index (χ1n) is 11.2. The SMILES string of the molecule is CCC[C@H]1CCCN1Cc1c(Cl)cc(Cl)c(=O)n1CCc1ccc(C2=NCC(=O)N2)cc1. The Labute approximate surface area is 198 Å². The average molecular weight is 475 g/mol. The third-order valence-corrected chi connectivity index (χ3v) is 6.87. The highest BCUT2D eigenvalue weighted by atomic mass is 35.5. The van der Waals surface area contributed by atoms with Crippen molar-refractivity contribution in [1.29, 1.82) is 0 Å². The summed E-state index contributed by atoms with van der Waals surface area (Å²) in [6.45, 7) is 4.57. The summed E-state index contributed by atoms with van der Waals surface area (Å²) in [5, 5.41) is 3.45. The number of nitrogens with zero attached hydrogens (tertiary/aromatic N) is 3. The number of aromatic nitrogens is 1. The first-order chi connectivity index (χ1) is 15.5. The molecule has 0 unspecified atom stereocenters. The molecule has 1 N–H and O–H groups in total. The molecule has 1 amide bonds. The molecule has 1 saturated heterocycles. The normalized spacial score (nSPS) is 18.8. The zero-order chi connectivity index (χ0) is 22.7. The molecule has 170 valence electrons. The van der Waals surface area contributed by atoms with Gasteiger partial charge in [-0.3, -0.25) is 19.5 Å². The second kappa shape index (κ2) is 10.2. The zero-order valence-electron chi connectivity index (χ0n) is 18.2. The molecule has 0 bridgehead atoms. The van der Waals surface area contributed by atoms with E-state index in [1.54, 1.807) is 10.6 Å². The maximum absolute atomic E-state index is 12.9. The Bertz CT molecular complexity index is 1080. The molecule has 1 aromatic carbocycles. The van der Waals surface area contributed by atoms with Gasteiger partial charge in [0.15, 0.2) is 0 Å². The molecule has 6 nitrogen and oxygen atoms in total. The molecule has 0 aliphatic carbocycles. The molecule has 2 aromatic rings. The van der Waals surface area contributed by atoms with Gasteiger partial charge in [-0.2, -0.15) is 0 Å². The van der Waals surface area contributed by atoms with Gasteiger partial charge in [-0.05, 0) is 43.9 Å². The van der Waals surface area contributed by atoms with E-state index in [4.69, 9.17) is 23.2 Å². The van der Waals surface area contributed by atoms with Crippen LogP contribution in [0.4, 0.5) is 0 Å². The van der Waals surface area contributed by atoms with Gasteiger partial charge in [0.2, 0.25) is 5.91 Å². The highest BCUT2D eigenvalue weighted by Crippen LogP contribution is 2.27. The molecule has 0 saturated carbocycles. The number of carbonyl (C=O) groups is 1. The number of aliphatic imine (C=N–C) groups is 1. The van der Waals surface area contributed by atoms with Crippen molar-refractivity contribution in [3.05, 3.63) is 67.6 Å². The Kier molecular flexibility index (Phi) is 7.33. The second-order valence-electron chi connectivity index (χ2n) is 8.46. The number of hydrogen-bond acceptors (Lipinski definition) is 4. The number of amidine groups is 1. The van der Waals surface area contributed by atoms with E-state index in [0.29, 0.717) is 36.4 Å². The maximum Gasteiger partial charge on any atom is 0.269 e. The molecule has 1 fully saturated rings. The molecule has 0 spiro atoms. The fourth-order valence-corrected chi connectivity index (χ4v) is 5.12. The Hall–Kier alpha value is -2.15. The van der Waals surface area contributed by atoms with Crippen molar-refractivity contribution in [1.82, 2.24) is 14.8 Å². The second-order valence-corrected chi connectivity index (χ2v) is 9.27. The number of likely N-dealkylation sites (tertiary alicyclic amines) is 1. The van der Waals surface area contributed by atoms with Gasteiger partial charge in [-0.15, -0.1) is 0 Å². The zero-order valence-corrected chi connectivity index (χ0v) is 19.8. The van der Waals surface area contributed by atoms with Crippen LogP contribution in [0, 0.1) is 0 Å². The number of halogens is 2. The van der Waals surface area contributed by atoms with E-state index in [2.05, 4.69) is 22.1 Å². The Balaban J connectivity index is 1.51. The van der Waals surface area contributed by atoms with Crippen LogP contribution in [0.2, 0.25) is 10.0 Å². The maximum atomic E-state index is 12.9. The van der Waals surface area contributed by atoms with Gasteiger partial charge in [0.1, 0.15) is 17.4 Å². The number of pyridine rings is 1. The third-order valence-electron chi connectivity index (χ3n) is 6.27. The fourth-order valence-electron chi connectivity index (χ4n) is 4.59. The van der Waals surface area contributed by atoms with E-state index in [0.717, 1.165) is 36.2 Å². The van der Waals surface area contributed by atoms with Crippen molar-refractivity contribution >= 4 is 34.9 Å². The van der Waals surface area contributed by atoms with Crippen molar-refractivity contribution in [2.45, 2.75) is 58.2 Å². The van der Waals surface area contributed by atoms with E-state index in [1.807, 2.05) is 24.3 Å². The van der Waals surface area contributed by atoms with Crippen LogP contribution in [0.25, 0.3) is 0 Å². The lowest BCUT2D eigenvalue weighted by Crippen LogP contribution is -2.33. The number of benzene rings is 1. The van der Waals surface area contributed by atoms with Crippen LogP contribution in [0.3, 0.4) is 0 Å². The quantitative estimate of drug-likeness (QED) is 0.627. The summed E-state index contributed by atoms with van der Waals surface area (Å²) in [5.74, 6) is 0.516. The van der Waals surface area contributed by atoms with Gasteiger partial charge in [-0.25, -0.2) is 0 Å². The Morgan fingerprint density at radius 1 is 1.16 bits per heavy atom. The topological polar surface area (TPSA) is 66.7 Å². The van der Waals surface area contributed by atoms with Crippen molar-refractivity contribution in [2.24, 2.45) is 4.99 Å². The molecule has 8 heteroatoms. The van der Waals surface area contributed by atoms with Crippen molar-refractivity contribution in [3.8, 4) is 0 Å². The summed E-state index contributed by atoms with van der Waals surface area (Å²) in [5.41, 5.74) is 2.59. The minimum atomic E-state index is -0.197. The van der Waals surface area contributed by atoms with Gasteiger partial charge in [0.25, 0.3) is 5.56 Å². The number of hydrogen-bond donors (Lipinski definition) is 1. The van der Waals surface area contributed by atoms with Crippen LogP contribution in [0.5, 0.6) is 0 Å². The van der Waals surface area contributed by atoms with Crippen LogP contribution in [-0.2, 0) is 24.3 Å². The van der Waals surface area contributed by atoms with E-state index < -0.39 is 0 Å². The molecule has 4 rings (SSSR count). The van der Waals surface area contributed by atoms with Crippen LogP contribution in [0.1, 0.15) is 49.4 Å². The molecular formula is C24H28Cl2N4O2. The number of nitrogens with one attached hydrogen (secondary N) is 1. The van der Waals surface area contributed by atoms with Crippen molar-refractivity contribution < 1.29 is 4.79 Å². The van der Waals surface area contributed by atoms with Gasteiger partial charge in [-0.1, -0.05) is 60.8 Å². The molecule has 1 atom stereocenters. The molecule has 0 radical (unpaired) electrons. The van der Waals surface area contributed by atoms with Crippen molar-refractivity contribution in [2.75, 3.05) is 13.1 Å². The Morgan fingerprint density at radius 2 is 1.94 bits per heavy atom. The highest BCUT2D eigenvalue weighted by Gasteiger charge is 2.26. The first kappa shape index (κ1) is 23.0. The van der Waals surface area contributed by atoms with Crippen LogP contribution in [0.15, 0.2) is 40.1 Å². The standard InChI is InChI=1S/C24H28Cl2N4O2/c1-2-4-18-5-3-11-29(18)15-21-19(25)13-20(26)24(32)30(21)12-10-16-6-8-17(9-7-16)23-27-14-22(31)28-23/h6-9,13,18H,2-5,10-12,14-15H2,1H3,(H,27,28,31)/t18-/m0/s1. The lowest BCUT2D eigenvalue weighted by Gasteiger charge is -2.26. The smallest absolute Gasteiger partial charge is 0.269 e. The van der Waals surface area contributed by atoms with Crippen molar-refractivity contribution in [3.63, 3.8) is 0 Å². The molecule has 2 aliphatic heterocycles. The first-order valence-corrected chi connectivity index (χ1v) is 12.0. The third kappa shape index (κ3) is 5.08. The summed E-state index contributed by atoms with van der Waals surface area (Å²) in [6, 6.07) is 9.99. The lowest BCUT2D eigenvalue weighted by atomic mass is 10.1. The Morgan fingerprint density at radius 3 is 2.62 bits per heavy atom. The summed E-state index contributed by atoms with van der Waals surface area (Å²) < 4.78 is 1.74. The largest absolute Gasteiger partial charge is 0.309 e. The number of carbonyl (C=O) groups excluding carboxylic acids is 1. The van der Waals surface area contributed by atoms with E-state index in [-0.39, 0.29) is 23.0 Å². The summed E-state index contributed by atoms with van der Waals surface area (Å²) in [6.07, 6.45) is 5.35. The molecule has 1 aromatic heterocycles. The molecule has 32 heavy (non-hydrogen) atoms. The summed E-state index contributed by atoms with van der Waals surface area (Å²) in [4.78, 5) is 30.9. The number of amides is 1. The molecule has 2 aliphatic rings. The van der Waals surface area contributed by atoms with Gasteiger partial charge in [0.05, 0.1) is 10.7 Å². The lowest BCUT2D eigenvalue weighted by molar-refractivity contribution is -0.117. The summed E-state index contributed by atoms with van der Waals surface area (Å²) in [7, 11) is 0.